The van der Waals surface area contributed by atoms with Crippen molar-refractivity contribution in [3.8, 4) is 0 Å². The molecule has 1 N–H and O–H groups in total. The Morgan fingerprint density at radius 3 is 2.94 bits per heavy atom. The van der Waals surface area contributed by atoms with Gasteiger partial charge in [-0.3, -0.25) is 4.79 Å². The standard InChI is InChI=1S/C14H22N2O2/c1-12(13-6-10-18-11-13)15-14(17)5-4-9-16-7-2-3-8-16/h2-3,7-8,12-13H,4-6,9-11H2,1H3,(H,15,17)/t12-,13-/m0/s1. The van der Waals surface area contributed by atoms with E-state index in [0.29, 0.717) is 12.3 Å². The Morgan fingerprint density at radius 1 is 1.50 bits per heavy atom. The van der Waals surface area contributed by atoms with E-state index >= 15 is 0 Å². The molecule has 100 valence electrons. The van der Waals surface area contributed by atoms with Crippen molar-refractivity contribution in [2.75, 3.05) is 13.2 Å². The molecule has 2 atom stereocenters. The Balaban J connectivity index is 1.62. The first-order valence-corrected chi connectivity index (χ1v) is 6.73. The van der Waals surface area contributed by atoms with Gasteiger partial charge in [-0.1, -0.05) is 0 Å². The first-order chi connectivity index (χ1) is 8.75. The summed E-state index contributed by atoms with van der Waals surface area (Å²) in [6.07, 6.45) is 6.59. The van der Waals surface area contributed by atoms with Gasteiger partial charge in [0.05, 0.1) is 6.61 Å². The van der Waals surface area contributed by atoms with Crippen molar-refractivity contribution in [3.63, 3.8) is 0 Å². The van der Waals surface area contributed by atoms with Gasteiger partial charge in [-0.15, -0.1) is 0 Å². The molecule has 1 aliphatic heterocycles. The molecule has 0 saturated carbocycles. The molecule has 4 heteroatoms. The molecule has 0 spiro atoms. The topological polar surface area (TPSA) is 43.3 Å². The van der Waals surface area contributed by atoms with E-state index in [-0.39, 0.29) is 11.9 Å². The summed E-state index contributed by atoms with van der Waals surface area (Å²) in [4.78, 5) is 11.8. The van der Waals surface area contributed by atoms with Gasteiger partial charge in [0.25, 0.3) is 0 Å². The summed E-state index contributed by atoms with van der Waals surface area (Å²) in [7, 11) is 0. The molecule has 18 heavy (non-hydrogen) atoms. The number of aromatic nitrogens is 1. The van der Waals surface area contributed by atoms with Gasteiger partial charge in [-0.2, -0.15) is 0 Å². The number of ether oxygens (including phenoxy) is 1. The molecule has 1 saturated heterocycles. The van der Waals surface area contributed by atoms with Crippen LogP contribution in [0.1, 0.15) is 26.2 Å². The van der Waals surface area contributed by atoms with Crippen molar-refractivity contribution in [2.24, 2.45) is 5.92 Å². The summed E-state index contributed by atoms with van der Waals surface area (Å²) in [6.45, 7) is 4.59. The normalized spacial score (nSPS) is 20.8. The second-order valence-electron chi connectivity index (χ2n) is 5.00. The van der Waals surface area contributed by atoms with Gasteiger partial charge in [-0.25, -0.2) is 0 Å². The van der Waals surface area contributed by atoms with E-state index in [0.717, 1.165) is 32.6 Å². The van der Waals surface area contributed by atoms with E-state index in [4.69, 9.17) is 4.74 Å². The zero-order chi connectivity index (χ0) is 12.8. The molecule has 1 aliphatic rings. The third-order valence-electron chi connectivity index (χ3n) is 3.55. The zero-order valence-corrected chi connectivity index (χ0v) is 11.0. The summed E-state index contributed by atoms with van der Waals surface area (Å²) in [5, 5.41) is 3.07. The molecule has 1 fully saturated rings. The fraction of sp³-hybridized carbons (Fsp3) is 0.643. The summed E-state index contributed by atoms with van der Waals surface area (Å²) in [5.41, 5.74) is 0. The molecule has 4 nitrogen and oxygen atoms in total. The molecule has 0 bridgehead atoms. The van der Waals surface area contributed by atoms with Crippen LogP contribution in [0.25, 0.3) is 0 Å². The third kappa shape index (κ3) is 3.88. The highest BCUT2D eigenvalue weighted by Crippen LogP contribution is 2.16. The monoisotopic (exact) mass is 250 g/mol. The van der Waals surface area contributed by atoms with E-state index in [1.807, 2.05) is 24.5 Å². The summed E-state index contributed by atoms with van der Waals surface area (Å²) >= 11 is 0. The Morgan fingerprint density at radius 2 is 2.28 bits per heavy atom. The molecule has 1 amide bonds. The fourth-order valence-corrected chi connectivity index (χ4v) is 2.33. The average molecular weight is 250 g/mol. The first-order valence-electron chi connectivity index (χ1n) is 6.73. The lowest BCUT2D eigenvalue weighted by Crippen LogP contribution is -2.38. The highest BCUT2D eigenvalue weighted by atomic mass is 16.5. The molecule has 0 aliphatic carbocycles. The van der Waals surface area contributed by atoms with Gasteiger partial charge in [0.2, 0.25) is 5.91 Å². The first kappa shape index (κ1) is 13.1. The quantitative estimate of drug-likeness (QED) is 0.836. The van der Waals surface area contributed by atoms with Crippen LogP contribution >= 0.6 is 0 Å². The van der Waals surface area contributed by atoms with Gasteiger partial charge in [0, 0.05) is 43.9 Å². The molecule has 0 aromatic carbocycles. The van der Waals surface area contributed by atoms with Crippen LogP contribution in [0.3, 0.4) is 0 Å². The summed E-state index contributed by atoms with van der Waals surface area (Å²) in [6, 6.07) is 4.23. The number of carbonyl (C=O) groups excluding carboxylic acids is 1. The van der Waals surface area contributed by atoms with E-state index in [1.54, 1.807) is 0 Å². The van der Waals surface area contributed by atoms with Crippen LogP contribution in [-0.4, -0.2) is 29.7 Å². The Labute approximate surface area is 108 Å². The maximum absolute atomic E-state index is 11.8. The van der Waals surface area contributed by atoms with Gasteiger partial charge >= 0.3 is 0 Å². The number of hydrogen-bond donors (Lipinski definition) is 1. The van der Waals surface area contributed by atoms with Crippen LogP contribution in [0.5, 0.6) is 0 Å². The van der Waals surface area contributed by atoms with Crippen LogP contribution < -0.4 is 5.32 Å². The second-order valence-corrected chi connectivity index (χ2v) is 5.00. The Bertz CT molecular complexity index is 356. The van der Waals surface area contributed by atoms with Crippen LogP contribution in [0.2, 0.25) is 0 Å². The van der Waals surface area contributed by atoms with E-state index in [1.165, 1.54) is 0 Å². The minimum Gasteiger partial charge on any atom is -0.381 e. The second kappa shape index (κ2) is 6.59. The lowest BCUT2D eigenvalue weighted by atomic mass is 10.0. The van der Waals surface area contributed by atoms with Gasteiger partial charge in [0.1, 0.15) is 0 Å². The largest absolute Gasteiger partial charge is 0.381 e. The SMILES string of the molecule is C[C@H](NC(=O)CCCn1cccc1)[C@H]1CCOC1. The molecule has 0 unspecified atom stereocenters. The number of amides is 1. The minimum absolute atomic E-state index is 0.154. The smallest absolute Gasteiger partial charge is 0.220 e. The lowest BCUT2D eigenvalue weighted by Gasteiger charge is -2.19. The average Bonchev–Trinajstić information content (AvgIpc) is 3.02. The Kier molecular flexibility index (Phi) is 4.81. The van der Waals surface area contributed by atoms with Gasteiger partial charge in [0.15, 0.2) is 0 Å². The number of aryl methyl sites for hydroxylation is 1. The van der Waals surface area contributed by atoms with Crippen LogP contribution in [0, 0.1) is 5.92 Å². The molecule has 2 heterocycles. The number of hydrogen-bond acceptors (Lipinski definition) is 2. The van der Waals surface area contributed by atoms with Crippen molar-refractivity contribution >= 4 is 5.91 Å². The van der Waals surface area contributed by atoms with Crippen molar-refractivity contribution < 1.29 is 9.53 Å². The summed E-state index contributed by atoms with van der Waals surface area (Å²) in [5.74, 6) is 0.639. The minimum atomic E-state index is 0.154. The zero-order valence-electron chi connectivity index (χ0n) is 11.0. The number of nitrogens with zero attached hydrogens (tertiary/aromatic N) is 1. The van der Waals surface area contributed by atoms with E-state index < -0.39 is 0 Å². The highest BCUT2D eigenvalue weighted by Gasteiger charge is 2.23. The predicted molar refractivity (Wildman–Crippen MR) is 70.2 cm³/mol. The number of nitrogens with one attached hydrogen (secondary N) is 1. The van der Waals surface area contributed by atoms with E-state index in [2.05, 4.69) is 16.8 Å². The lowest BCUT2D eigenvalue weighted by molar-refractivity contribution is -0.122. The van der Waals surface area contributed by atoms with Crippen LogP contribution in [0.4, 0.5) is 0 Å². The number of carbonyl (C=O) groups is 1. The molecule has 1 aromatic heterocycles. The third-order valence-corrected chi connectivity index (χ3v) is 3.55. The van der Waals surface area contributed by atoms with Crippen LogP contribution in [-0.2, 0) is 16.1 Å². The molecular formula is C14H22N2O2. The molecule has 2 rings (SSSR count). The maximum atomic E-state index is 11.8. The predicted octanol–water partition coefficient (Wildman–Crippen LogP) is 1.81. The molecular weight excluding hydrogens is 228 g/mol. The highest BCUT2D eigenvalue weighted by molar-refractivity contribution is 5.76. The van der Waals surface area contributed by atoms with E-state index in [9.17, 15) is 4.79 Å². The van der Waals surface area contributed by atoms with Crippen molar-refractivity contribution in [2.45, 2.75) is 38.8 Å². The van der Waals surface area contributed by atoms with Crippen LogP contribution in [0.15, 0.2) is 24.5 Å². The van der Waals surface area contributed by atoms with Gasteiger partial charge in [-0.05, 0) is 31.9 Å². The maximum Gasteiger partial charge on any atom is 0.220 e. The summed E-state index contributed by atoms with van der Waals surface area (Å²) < 4.78 is 7.43. The Hall–Kier alpha value is -1.29. The molecule has 1 aromatic rings. The van der Waals surface area contributed by atoms with Crippen molar-refractivity contribution in [1.29, 1.82) is 0 Å². The fourth-order valence-electron chi connectivity index (χ4n) is 2.33. The van der Waals surface area contributed by atoms with Crippen molar-refractivity contribution in [3.05, 3.63) is 24.5 Å². The molecule has 0 radical (unpaired) electrons. The number of rotatable bonds is 6. The van der Waals surface area contributed by atoms with Crippen molar-refractivity contribution in [1.82, 2.24) is 9.88 Å². The van der Waals surface area contributed by atoms with Gasteiger partial charge < -0.3 is 14.6 Å².